The summed E-state index contributed by atoms with van der Waals surface area (Å²) in [5.74, 6) is -0.296. The van der Waals surface area contributed by atoms with E-state index in [1.165, 1.54) is 0 Å². The molecule has 0 unspecified atom stereocenters. The van der Waals surface area contributed by atoms with E-state index in [0.717, 1.165) is 22.5 Å². The third-order valence-corrected chi connectivity index (χ3v) is 4.79. The summed E-state index contributed by atoms with van der Waals surface area (Å²) in [6.45, 7) is 0.150. The lowest BCUT2D eigenvalue weighted by molar-refractivity contribution is -0.116. The van der Waals surface area contributed by atoms with Gasteiger partial charge in [0.1, 0.15) is 6.61 Å². The van der Waals surface area contributed by atoms with Crippen molar-refractivity contribution >= 4 is 40.7 Å². The van der Waals surface area contributed by atoms with Crippen molar-refractivity contribution in [3.8, 4) is 0 Å². The summed E-state index contributed by atoms with van der Waals surface area (Å²) in [4.78, 5) is 24.6. The molecular formula is C19H18N4O3S2. The van der Waals surface area contributed by atoms with Gasteiger partial charge in [-0.25, -0.2) is 4.79 Å². The van der Waals surface area contributed by atoms with Crippen LogP contribution in [0.1, 0.15) is 23.6 Å². The first kappa shape index (κ1) is 19.7. The van der Waals surface area contributed by atoms with Gasteiger partial charge in [-0.05, 0) is 23.3 Å². The lowest BCUT2D eigenvalue weighted by atomic mass is 10.0. The number of hydrogen-bond donors (Lipinski definition) is 3. The fraction of sp³-hybridized carbons (Fsp3) is 0.158. The van der Waals surface area contributed by atoms with E-state index in [1.807, 2.05) is 60.7 Å². The summed E-state index contributed by atoms with van der Waals surface area (Å²) in [6.07, 6.45) is -0.572. The Hall–Kier alpha value is -3.04. The molecule has 0 saturated heterocycles. The van der Waals surface area contributed by atoms with E-state index >= 15 is 0 Å². The number of benzene rings is 2. The molecule has 0 fully saturated rings. The van der Waals surface area contributed by atoms with Crippen LogP contribution in [0.2, 0.25) is 0 Å². The number of alkyl carbamates (subject to hydrolysis) is 1. The third kappa shape index (κ3) is 6.00. The van der Waals surface area contributed by atoms with Gasteiger partial charge in [-0.3, -0.25) is 9.89 Å². The number of amides is 2. The molecule has 0 saturated carbocycles. The Morgan fingerprint density at radius 3 is 2.43 bits per heavy atom. The average Bonchev–Trinajstić information content (AvgIpc) is 3.12. The lowest BCUT2D eigenvalue weighted by Crippen LogP contribution is -2.32. The molecule has 144 valence electrons. The van der Waals surface area contributed by atoms with Gasteiger partial charge in [0.2, 0.25) is 11.0 Å². The van der Waals surface area contributed by atoms with Crippen LogP contribution in [0.4, 0.5) is 9.93 Å². The largest absolute Gasteiger partial charge is 0.445 e. The van der Waals surface area contributed by atoms with Gasteiger partial charge in [0.15, 0.2) is 3.95 Å². The Bertz CT molecular complexity index is 973. The number of nitrogens with zero attached hydrogens (tertiary/aromatic N) is 1. The smallest absolute Gasteiger partial charge is 0.407 e. The number of hydrogen-bond acceptors (Lipinski definition) is 6. The van der Waals surface area contributed by atoms with E-state index in [0.29, 0.717) is 9.09 Å². The molecule has 3 rings (SSSR count). The molecule has 0 aliphatic rings. The van der Waals surface area contributed by atoms with E-state index in [1.54, 1.807) is 0 Å². The van der Waals surface area contributed by atoms with Crippen LogP contribution < -0.4 is 10.6 Å². The zero-order valence-corrected chi connectivity index (χ0v) is 16.4. The first-order chi connectivity index (χ1) is 13.6. The number of H-pyrrole nitrogens is 1. The second-order valence-corrected chi connectivity index (χ2v) is 7.51. The minimum Gasteiger partial charge on any atom is -0.445 e. The minimum absolute atomic E-state index is 0.0246. The molecule has 9 heteroatoms. The summed E-state index contributed by atoms with van der Waals surface area (Å²) < 4.78 is 5.74. The van der Waals surface area contributed by atoms with Crippen LogP contribution in [0.5, 0.6) is 0 Å². The van der Waals surface area contributed by atoms with Gasteiger partial charge in [-0.15, -0.1) is 5.10 Å². The van der Waals surface area contributed by atoms with Crippen LogP contribution in [0.25, 0.3) is 0 Å². The number of carbonyl (C=O) groups excluding carboxylic acids is 2. The maximum absolute atomic E-state index is 12.4. The Kier molecular flexibility index (Phi) is 6.88. The summed E-state index contributed by atoms with van der Waals surface area (Å²) in [5.41, 5.74) is 1.68. The van der Waals surface area contributed by atoms with Gasteiger partial charge in [0.05, 0.1) is 12.5 Å². The number of rotatable bonds is 7. The first-order valence-corrected chi connectivity index (χ1v) is 9.70. The third-order valence-electron chi connectivity index (χ3n) is 3.78. The highest BCUT2D eigenvalue weighted by atomic mass is 32.1. The first-order valence-electron chi connectivity index (χ1n) is 8.47. The predicted molar refractivity (Wildman–Crippen MR) is 109 cm³/mol. The molecule has 0 aliphatic heterocycles. The maximum Gasteiger partial charge on any atom is 0.407 e. The molecule has 3 aromatic rings. The van der Waals surface area contributed by atoms with Crippen molar-refractivity contribution in [1.82, 2.24) is 15.5 Å². The van der Waals surface area contributed by atoms with Crippen molar-refractivity contribution in [1.29, 1.82) is 0 Å². The van der Waals surface area contributed by atoms with Crippen molar-refractivity contribution < 1.29 is 14.3 Å². The van der Waals surface area contributed by atoms with Crippen LogP contribution in [0.3, 0.4) is 0 Å². The number of anilines is 1. The number of nitrogens with one attached hydrogen (secondary N) is 3. The SMILES string of the molecule is O=C(C[C@H](NC(=O)OCc1ccccc1)c1ccccc1)Nc1n[nH]c(=S)s1. The molecule has 0 bridgehead atoms. The summed E-state index contributed by atoms with van der Waals surface area (Å²) in [7, 11) is 0. The standard InChI is InChI=1S/C19H18N4O3S2/c24-16(21-17-22-23-19(27)28-17)11-15(14-9-5-2-6-10-14)20-18(25)26-12-13-7-3-1-4-8-13/h1-10,15H,11-12H2,(H,20,25)(H,23,27)(H,21,22,24)/t15-/m0/s1. The van der Waals surface area contributed by atoms with E-state index in [-0.39, 0.29) is 18.9 Å². The molecule has 1 heterocycles. The monoisotopic (exact) mass is 414 g/mol. The Morgan fingerprint density at radius 1 is 1.11 bits per heavy atom. The fourth-order valence-electron chi connectivity index (χ4n) is 2.48. The van der Waals surface area contributed by atoms with E-state index < -0.39 is 12.1 Å². The highest BCUT2D eigenvalue weighted by Gasteiger charge is 2.20. The van der Waals surface area contributed by atoms with Gasteiger partial charge in [0.25, 0.3) is 0 Å². The van der Waals surface area contributed by atoms with Crippen LogP contribution in [-0.2, 0) is 16.1 Å². The predicted octanol–water partition coefficient (Wildman–Crippen LogP) is 4.20. The molecule has 1 aromatic heterocycles. The molecule has 3 N–H and O–H groups in total. The van der Waals surface area contributed by atoms with Gasteiger partial charge >= 0.3 is 6.09 Å². The van der Waals surface area contributed by atoms with Gasteiger partial charge < -0.3 is 15.4 Å². The topological polar surface area (TPSA) is 96.1 Å². The van der Waals surface area contributed by atoms with Gasteiger partial charge in [0, 0.05) is 0 Å². The molecule has 0 radical (unpaired) electrons. The normalized spacial score (nSPS) is 11.4. The van der Waals surface area contributed by atoms with E-state index in [4.69, 9.17) is 17.0 Å². The molecule has 7 nitrogen and oxygen atoms in total. The van der Waals surface area contributed by atoms with Crippen molar-refractivity contribution in [2.45, 2.75) is 19.1 Å². The number of carbonyl (C=O) groups is 2. The van der Waals surface area contributed by atoms with E-state index in [9.17, 15) is 9.59 Å². The molecule has 28 heavy (non-hydrogen) atoms. The summed E-state index contributed by atoms with van der Waals surface area (Å²) in [5, 5.41) is 12.3. The van der Waals surface area contributed by atoms with Crippen LogP contribution in [-0.4, -0.2) is 22.2 Å². The minimum atomic E-state index is -0.596. The van der Waals surface area contributed by atoms with Gasteiger partial charge in [-0.1, -0.05) is 72.0 Å². The average molecular weight is 415 g/mol. The van der Waals surface area contributed by atoms with Crippen LogP contribution in [0.15, 0.2) is 60.7 Å². The second kappa shape index (κ2) is 9.77. The second-order valence-electron chi connectivity index (χ2n) is 5.84. The zero-order valence-electron chi connectivity index (χ0n) is 14.8. The van der Waals surface area contributed by atoms with Crippen molar-refractivity contribution in [3.63, 3.8) is 0 Å². The highest BCUT2D eigenvalue weighted by Crippen LogP contribution is 2.19. The van der Waals surface area contributed by atoms with Crippen LogP contribution >= 0.6 is 23.6 Å². The number of ether oxygens (including phenoxy) is 1. The Labute approximate surface area is 170 Å². The quantitative estimate of drug-likeness (QED) is 0.504. The van der Waals surface area contributed by atoms with E-state index in [2.05, 4.69) is 20.8 Å². The molecule has 1 atom stereocenters. The Morgan fingerprint density at radius 2 is 1.79 bits per heavy atom. The molecule has 0 aliphatic carbocycles. The molecule has 2 amide bonds. The van der Waals surface area contributed by atoms with Crippen molar-refractivity contribution in [2.24, 2.45) is 0 Å². The molecule has 2 aromatic carbocycles. The molecular weight excluding hydrogens is 396 g/mol. The number of aromatic nitrogens is 2. The lowest BCUT2D eigenvalue weighted by Gasteiger charge is -2.18. The van der Waals surface area contributed by atoms with Crippen molar-refractivity contribution in [2.75, 3.05) is 5.32 Å². The summed E-state index contributed by atoms with van der Waals surface area (Å²) >= 11 is 6.11. The van der Waals surface area contributed by atoms with Gasteiger partial charge in [-0.2, -0.15) is 0 Å². The summed E-state index contributed by atoms with van der Waals surface area (Å²) in [6, 6.07) is 18.1. The van der Waals surface area contributed by atoms with Crippen molar-refractivity contribution in [3.05, 3.63) is 75.7 Å². The Balaban J connectivity index is 1.62. The molecule has 0 spiro atoms. The zero-order chi connectivity index (χ0) is 19.8. The fourth-order valence-corrected chi connectivity index (χ4v) is 3.29. The number of aromatic amines is 1. The maximum atomic E-state index is 12.4. The van der Waals surface area contributed by atoms with Crippen LogP contribution in [0, 0.1) is 3.95 Å². The highest BCUT2D eigenvalue weighted by molar-refractivity contribution is 7.73.